The van der Waals surface area contributed by atoms with Gasteiger partial charge >= 0.3 is 12.0 Å². The van der Waals surface area contributed by atoms with Gasteiger partial charge in [0.1, 0.15) is 18.4 Å². The minimum atomic E-state index is -1.13. The number of halogens is 1. The fourth-order valence-electron chi connectivity index (χ4n) is 1.60. The Morgan fingerprint density at radius 3 is 2.75 bits per heavy atom. The Balaban J connectivity index is 2.88. The van der Waals surface area contributed by atoms with E-state index < -0.39 is 24.4 Å². The molecule has 0 atom stereocenters. The number of urea groups is 1. The van der Waals surface area contributed by atoms with Gasteiger partial charge in [-0.15, -0.1) is 0 Å². The lowest BCUT2D eigenvalue weighted by Crippen LogP contribution is -2.39. The van der Waals surface area contributed by atoms with Crippen molar-refractivity contribution < 1.29 is 19.1 Å². The highest BCUT2D eigenvalue weighted by atomic mass is 19.1. The molecule has 0 heterocycles. The molecule has 1 aromatic carbocycles. The van der Waals surface area contributed by atoms with Crippen molar-refractivity contribution >= 4 is 17.7 Å². The zero-order chi connectivity index (χ0) is 15.1. The minimum Gasteiger partial charge on any atom is -0.480 e. The number of hydrogen-bond donors (Lipinski definition) is 2. The van der Waals surface area contributed by atoms with E-state index in [1.54, 1.807) is 13.0 Å². The largest absolute Gasteiger partial charge is 0.480 e. The van der Waals surface area contributed by atoms with Crippen molar-refractivity contribution in [2.45, 2.75) is 13.3 Å². The Kier molecular flexibility index (Phi) is 5.47. The van der Waals surface area contributed by atoms with Crippen LogP contribution in [0.15, 0.2) is 18.2 Å². The first-order valence-corrected chi connectivity index (χ1v) is 5.95. The van der Waals surface area contributed by atoms with Crippen molar-refractivity contribution in [1.82, 2.24) is 4.90 Å². The molecule has 2 N–H and O–H groups in total. The van der Waals surface area contributed by atoms with Crippen LogP contribution >= 0.6 is 0 Å². The van der Waals surface area contributed by atoms with Crippen LogP contribution < -0.4 is 5.32 Å². The van der Waals surface area contributed by atoms with Gasteiger partial charge in [0, 0.05) is 6.54 Å². The molecule has 6 nitrogen and oxygen atoms in total. The van der Waals surface area contributed by atoms with Crippen LogP contribution in [0.5, 0.6) is 0 Å². The van der Waals surface area contributed by atoms with Gasteiger partial charge in [-0.25, -0.2) is 9.18 Å². The average Bonchev–Trinajstić information content (AvgIpc) is 2.39. The number of benzene rings is 1. The van der Waals surface area contributed by atoms with Crippen LogP contribution in [0.2, 0.25) is 0 Å². The van der Waals surface area contributed by atoms with Gasteiger partial charge in [-0.3, -0.25) is 4.79 Å². The minimum absolute atomic E-state index is 0.0230. The number of nitrogens with zero attached hydrogens (tertiary/aromatic N) is 2. The molecule has 106 valence electrons. The van der Waals surface area contributed by atoms with E-state index in [9.17, 15) is 14.0 Å². The lowest BCUT2D eigenvalue weighted by Gasteiger charge is -2.20. The van der Waals surface area contributed by atoms with Crippen molar-refractivity contribution in [1.29, 1.82) is 5.26 Å². The maximum absolute atomic E-state index is 13.0. The number of carboxylic acid groups (broad SMARTS) is 1. The molecule has 0 aliphatic heterocycles. The van der Waals surface area contributed by atoms with E-state index in [1.165, 1.54) is 6.07 Å². The molecule has 0 bridgehead atoms. The van der Waals surface area contributed by atoms with Crippen molar-refractivity contribution in [2.24, 2.45) is 0 Å². The first kappa shape index (κ1) is 15.4. The van der Waals surface area contributed by atoms with Gasteiger partial charge in [-0.2, -0.15) is 5.26 Å². The molecule has 1 aromatic rings. The second-order valence-corrected chi connectivity index (χ2v) is 4.05. The zero-order valence-corrected chi connectivity index (χ0v) is 10.9. The van der Waals surface area contributed by atoms with Crippen LogP contribution in [0.3, 0.4) is 0 Å². The number of hydrogen-bond acceptors (Lipinski definition) is 3. The standard InChI is InChI=1S/C13H14FN3O3/c1-2-5-17(8-12(18)19)13(20)16-11-4-3-10(14)6-9(11)7-15/h3-4,6H,2,5,8H2,1H3,(H,16,20)(H,18,19). The van der Waals surface area contributed by atoms with Crippen LogP contribution in [0.25, 0.3) is 0 Å². The second kappa shape index (κ2) is 7.09. The molecular formula is C13H14FN3O3. The van der Waals surface area contributed by atoms with E-state index in [2.05, 4.69) is 5.32 Å². The van der Waals surface area contributed by atoms with E-state index in [1.807, 2.05) is 0 Å². The predicted octanol–water partition coefficient (Wildman–Crippen LogP) is 2.03. The summed E-state index contributed by atoms with van der Waals surface area (Å²) in [5.74, 6) is -1.72. The number of aliphatic carboxylic acids is 1. The molecular weight excluding hydrogens is 265 g/mol. The molecule has 20 heavy (non-hydrogen) atoms. The third-order valence-corrected chi connectivity index (χ3v) is 2.45. The number of amides is 2. The molecule has 0 aromatic heterocycles. The molecule has 1 rings (SSSR count). The van der Waals surface area contributed by atoms with Gasteiger partial charge in [0.05, 0.1) is 11.3 Å². The highest BCUT2D eigenvalue weighted by Crippen LogP contribution is 2.16. The first-order chi connectivity index (χ1) is 9.47. The summed E-state index contributed by atoms with van der Waals surface area (Å²) in [6.07, 6.45) is 0.592. The van der Waals surface area contributed by atoms with Gasteiger partial charge in [0.15, 0.2) is 0 Å². The Labute approximate surface area is 115 Å². The highest BCUT2D eigenvalue weighted by Gasteiger charge is 2.17. The van der Waals surface area contributed by atoms with Gasteiger partial charge in [-0.05, 0) is 24.6 Å². The Morgan fingerprint density at radius 2 is 2.20 bits per heavy atom. The Hall–Kier alpha value is -2.62. The number of anilines is 1. The maximum atomic E-state index is 13.0. The number of carbonyl (C=O) groups is 2. The summed E-state index contributed by atoms with van der Waals surface area (Å²) in [4.78, 5) is 23.7. The topological polar surface area (TPSA) is 93.4 Å². The normalized spacial score (nSPS) is 9.65. The highest BCUT2D eigenvalue weighted by molar-refractivity contribution is 5.92. The third kappa shape index (κ3) is 4.24. The summed E-state index contributed by atoms with van der Waals surface area (Å²) < 4.78 is 13.0. The maximum Gasteiger partial charge on any atom is 0.323 e. The molecule has 0 radical (unpaired) electrons. The van der Waals surface area contributed by atoms with E-state index in [4.69, 9.17) is 10.4 Å². The molecule has 2 amide bonds. The van der Waals surface area contributed by atoms with E-state index in [0.717, 1.165) is 17.0 Å². The van der Waals surface area contributed by atoms with Crippen LogP contribution in [0.1, 0.15) is 18.9 Å². The summed E-state index contributed by atoms with van der Waals surface area (Å²) in [6, 6.07) is 4.49. The SMILES string of the molecule is CCCN(CC(=O)O)C(=O)Nc1ccc(F)cc1C#N. The number of rotatable bonds is 5. The van der Waals surface area contributed by atoms with E-state index in [-0.39, 0.29) is 17.8 Å². The molecule has 7 heteroatoms. The Morgan fingerprint density at radius 1 is 1.50 bits per heavy atom. The number of carbonyl (C=O) groups excluding carboxylic acids is 1. The predicted molar refractivity (Wildman–Crippen MR) is 69.6 cm³/mol. The van der Waals surface area contributed by atoms with Crippen LogP contribution in [-0.4, -0.2) is 35.1 Å². The molecule has 0 unspecified atom stereocenters. The number of carboxylic acids is 1. The lowest BCUT2D eigenvalue weighted by molar-refractivity contribution is -0.137. The van der Waals surface area contributed by atoms with Crippen molar-refractivity contribution in [3.05, 3.63) is 29.6 Å². The van der Waals surface area contributed by atoms with Gasteiger partial charge in [-0.1, -0.05) is 6.92 Å². The molecule has 0 aliphatic rings. The Bertz CT molecular complexity index is 554. The average molecular weight is 279 g/mol. The molecule has 0 saturated heterocycles. The van der Waals surface area contributed by atoms with E-state index >= 15 is 0 Å². The second-order valence-electron chi connectivity index (χ2n) is 4.05. The zero-order valence-electron chi connectivity index (χ0n) is 10.9. The molecule has 0 spiro atoms. The number of nitriles is 1. The lowest BCUT2D eigenvalue weighted by atomic mass is 10.2. The fourth-order valence-corrected chi connectivity index (χ4v) is 1.60. The summed E-state index contributed by atoms with van der Waals surface area (Å²) in [5, 5.41) is 20.0. The van der Waals surface area contributed by atoms with E-state index in [0.29, 0.717) is 6.42 Å². The fraction of sp³-hybridized carbons (Fsp3) is 0.308. The molecule has 0 fully saturated rings. The molecule has 0 aliphatic carbocycles. The van der Waals surface area contributed by atoms with Crippen LogP contribution in [0, 0.1) is 17.1 Å². The summed E-state index contributed by atoms with van der Waals surface area (Å²) in [5.41, 5.74) is 0.121. The van der Waals surface area contributed by atoms with Crippen LogP contribution in [-0.2, 0) is 4.79 Å². The van der Waals surface area contributed by atoms with Gasteiger partial charge < -0.3 is 15.3 Å². The summed E-state index contributed by atoms with van der Waals surface area (Å²) in [6.45, 7) is 1.63. The van der Waals surface area contributed by atoms with Crippen LogP contribution in [0.4, 0.5) is 14.9 Å². The first-order valence-electron chi connectivity index (χ1n) is 5.95. The number of nitrogens with one attached hydrogen (secondary N) is 1. The molecule has 0 saturated carbocycles. The van der Waals surface area contributed by atoms with Crippen molar-refractivity contribution in [2.75, 3.05) is 18.4 Å². The monoisotopic (exact) mass is 279 g/mol. The third-order valence-electron chi connectivity index (χ3n) is 2.45. The van der Waals surface area contributed by atoms with Crippen molar-refractivity contribution in [3.8, 4) is 6.07 Å². The van der Waals surface area contributed by atoms with Gasteiger partial charge in [0.2, 0.25) is 0 Å². The summed E-state index contributed by atoms with van der Waals surface area (Å²) >= 11 is 0. The smallest absolute Gasteiger partial charge is 0.323 e. The summed E-state index contributed by atoms with van der Waals surface area (Å²) in [7, 11) is 0. The van der Waals surface area contributed by atoms with Crippen molar-refractivity contribution in [3.63, 3.8) is 0 Å². The quantitative estimate of drug-likeness (QED) is 0.862. The van der Waals surface area contributed by atoms with Gasteiger partial charge in [0.25, 0.3) is 0 Å².